The van der Waals surface area contributed by atoms with E-state index in [0.29, 0.717) is 23.0 Å². The van der Waals surface area contributed by atoms with E-state index in [9.17, 15) is 15.0 Å². The molecule has 2 aromatic carbocycles. The SMILES string of the molecule is CC(C)c1cc2c(cc1O)C1(C)CCCC(C)(C)C1CC2OOc1cc2c(cc1C(C)C)C(=O)C(O)=C1C(C)(C)CCCC12C. The molecule has 0 saturated heterocycles. The number of aromatic hydroxyl groups is 1. The number of Topliss-reactive ketones (excluding diaryl/α,β-unsaturated/α-hetero) is 1. The van der Waals surface area contributed by atoms with Crippen molar-refractivity contribution in [2.24, 2.45) is 16.7 Å². The second-order valence-corrected chi connectivity index (χ2v) is 17.1. The first kappa shape index (κ1) is 32.2. The summed E-state index contributed by atoms with van der Waals surface area (Å²) in [7, 11) is 0. The van der Waals surface area contributed by atoms with Gasteiger partial charge in [0.1, 0.15) is 11.9 Å². The van der Waals surface area contributed by atoms with Crippen LogP contribution in [0.2, 0.25) is 0 Å². The van der Waals surface area contributed by atoms with Gasteiger partial charge in [0, 0.05) is 16.5 Å². The highest BCUT2D eigenvalue weighted by atomic mass is 17.2. The molecule has 0 aliphatic heterocycles. The van der Waals surface area contributed by atoms with Crippen molar-refractivity contribution in [3.63, 3.8) is 0 Å². The number of benzene rings is 2. The highest BCUT2D eigenvalue weighted by Crippen LogP contribution is 2.61. The van der Waals surface area contributed by atoms with Crippen LogP contribution in [0.1, 0.15) is 170 Å². The maximum Gasteiger partial charge on any atom is 0.227 e. The fourth-order valence-electron chi connectivity index (χ4n) is 10.1. The van der Waals surface area contributed by atoms with Gasteiger partial charge in [-0.2, -0.15) is 4.89 Å². The van der Waals surface area contributed by atoms with Gasteiger partial charge in [-0.25, -0.2) is 0 Å². The van der Waals surface area contributed by atoms with E-state index in [1.54, 1.807) is 0 Å². The third-order valence-electron chi connectivity index (χ3n) is 12.5. The maximum absolute atomic E-state index is 13.7. The molecule has 4 aliphatic rings. The largest absolute Gasteiger partial charge is 0.508 e. The smallest absolute Gasteiger partial charge is 0.227 e. The number of hydrogen-bond donors (Lipinski definition) is 2. The Morgan fingerprint density at radius 2 is 1.47 bits per heavy atom. The fourth-order valence-corrected chi connectivity index (χ4v) is 10.1. The number of rotatable bonds is 5. The number of aliphatic hydroxyl groups excluding tert-OH is 1. The van der Waals surface area contributed by atoms with Crippen molar-refractivity contribution in [3.05, 3.63) is 69.0 Å². The van der Waals surface area contributed by atoms with Crippen LogP contribution >= 0.6 is 0 Å². The summed E-state index contributed by atoms with van der Waals surface area (Å²) in [6.07, 6.45) is 6.79. The van der Waals surface area contributed by atoms with Crippen LogP contribution in [0, 0.1) is 16.7 Å². The molecule has 45 heavy (non-hydrogen) atoms. The minimum atomic E-state index is -0.461. The first-order chi connectivity index (χ1) is 20.9. The predicted octanol–water partition coefficient (Wildman–Crippen LogP) is 10.7. The summed E-state index contributed by atoms with van der Waals surface area (Å²) >= 11 is 0. The van der Waals surface area contributed by atoms with Gasteiger partial charge in [-0.05, 0) is 118 Å². The maximum atomic E-state index is 13.7. The minimum absolute atomic E-state index is 0.0493. The standard InChI is InChI=1S/C40H54O5/c1-22(2)24-17-26-28(19-30(24)41)39(9)15-11-13-37(5,6)33(39)21-32(26)45-44-31-20-29-27(18-25(31)23(3)4)34(42)35(43)36-38(7,8)14-12-16-40(29,36)10/h17-20,22-23,32-33,41,43H,11-16,21H2,1-10H3. The summed E-state index contributed by atoms with van der Waals surface area (Å²) in [5.41, 5.74) is 5.82. The Morgan fingerprint density at radius 3 is 2.13 bits per heavy atom. The van der Waals surface area contributed by atoms with E-state index in [1.807, 2.05) is 18.2 Å². The Kier molecular flexibility index (Phi) is 7.59. The Bertz CT molecular complexity index is 1580. The number of allylic oxidation sites excluding steroid dienone is 2. The Hall–Kier alpha value is -2.79. The van der Waals surface area contributed by atoms with E-state index in [1.165, 1.54) is 18.4 Å². The van der Waals surface area contributed by atoms with Crippen molar-refractivity contribution in [1.82, 2.24) is 0 Å². The lowest BCUT2D eigenvalue weighted by Gasteiger charge is -2.55. The van der Waals surface area contributed by atoms with Gasteiger partial charge in [0.15, 0.2) is 11.5 Å². The molecule has 4 unspecified atom stereocenters. The number of phenols is 1. The fraction of sp³-hybridized carbons (Fsp3) is 0.625. The number of carbonyl (C=O) groups is 1. The molecule has 0 radical (unpaired) electrons. The van der Waals surface area contributed by atoms with E-state index in [-0.39, 0.29) is 45.7 Å². The minimum Gasteiger partial charge on any atom is -0.508 e. The first-order valence-electron chi connectivity index (χ1n) is 17.3. The van der Waals surface area contributed by atoms with E-state index in [2.05, 4.69) is 75.3 Å². The van der Waals surface area contributed by atoms with Crippen molar-refractivity contribution in [2.45, 2.75) is 143 Å². The Labute approximate surface area is 270 Å². The molecule has 2 aromatic rings. The molecule has 4 atom stereocenters. The van der Waals surface area contributed by atoms with Crippen LogP contribution < -0.4 is 4.89 Å². The molecule has 0 bridgehead atoms. The van der Waals surface area contributed by atoms with Gasteiger partial charge in [-0.15, -0.1) is 0 Å². The van der Waals surface area contributed by atoms with Crippen LogP contribution in [-0.2, 0) is 15.7 Å². The summed E-state index contributed by atoms with van der Waals surface area (Å²) < 4.78 is 0. The highest BCUT2D eigenvalue weighted by molar-refractivity contribution is 6.11. The zero-order chi connectivity index (χ0) is 32.9. The summed E-state index contributed by atoms with van der Waals surface area (Å²) in [6.45, 7) is 22.0. The molecule has 0 heterocycles. The number of phenolic OH excluding ortho intramolecular Hbond substituents is 1. The molecular weight excluding hydrogens is 560 g/mol. The zero-order valence-corrected chi connectivity index (χ0v) is 29.2. The average Bonchev–Trinajstić information content (AvgIpc) is 2.94. The van der Waals surface area contributed by atoms with E-state index < -0.39 is 5.41 Å². The van der Waals surface area contributed by atoms with Gasteiger partial charge in [0.05, 0.1) is 0 Å². The van der Waals surface area contributed by atoms with Gasteiger partial charge in [0.25, 0.3) is 0 Å². The van der Waals surface area contributed by atoms with Gasteiger partial charge in [0.2, 0.25) is 5.78 Å². The molecule has 5 nitrogen and oxygen atoms in total. The summed E-state index contributed by atoms with van der Waals surface area (Å²) in [6, 6.07) is 8.15. The van der Waals surface area contributed by atoms with Crippen LogP contribution in [0.4, 0.5) is 0 Å². The van der Waals surface area contributed by atoms with Crippen LogP contribution in [0.15, 0.2) is 35.6 Å². The van der Waals surface area contributed by atoms with Crippen molar-refractivity contribution >= 4 is 5.78 Å². The quantitative estimate of drug-likeness (QED) is 0.259. The number of aliphatic hydroxyl groups is 1. The zero-order valence-electron chi connectivity index (χ0n) is 29.2. The van der Waals surface area contributed by atoms with E-state index >= 15 is 0 Å². The lowest BCUT2D eigenvalue weighted by atomic mass is 9.50. The van der Waals surface area contributed by atoms with Gasteiger partial charge < -0.3 is 15.1 Å². The molecular formula is C40H54O5. The van der Waals surface area contributed by atoms with Crippen molar-refractivity contribution in [2.75, 3.05) is 0 Å². The van der Waals surface area contributed by atoms with Crippen molar-refractivity contribution in [3.8, 4) is 11.5 Å². The second kappa shape index (κ2) is 10.6. The highest BCUT2D eigenvalue weighted by Gasteiger charge is 2.54. The molecule has 0 aromatic heterocycles. The van der Waals surface area contributed by atoms with Crippen LogP contribution in [0.3, 0.4) is 0 Å². The number of fused-ring (bicyclic) bond motifs is 6. The summed E-state index contributed by atoms with van der Waals surface area (Å²) in [5, 5.41) is 22.4. The summed E-state index contributed by atoms with van der Waals surface area (Å²) in [5.74, 6) is 1.27. The third kappa shape index (κ3) is 4.86. The average molecular weight is 615 g/mol. The normalized spacial score (nSPS) is 30.1. The summed E-state index contributed by atoms with van der Waals surface area (Å²) in [4.78, 5) is 26.7. The third-order valence-corrected chi connectivity index (χ3v) is 12.5. The van der Waals surface area contributed by atoms with Gasteiger partial charge in [-0.3, -0.25) is 4.79 Å². The van der Waals surface area contributed by atoms with Crippen molar-refractivity contribution in [1.29, 1.82) is 0 Å². The Balaban J connectivity index is 1.44. The van der Waals surface area contributed by atoms with E-state index in [0.717, 1.165) is 59.9 Å². The molecule has 0 amide bonds. The lowest BCUT2D eigenvalue weighted by Crippen LogP contribution is -2.49. The number of ketones is 1. The van der Waals surface area contributed by atoms with Gasteiger partial charge in [-0.1, -0.05) is 82.1 Å². The second-order valence-electron chi connectivity index (χ2n) is 17.1. The predicted molar refractivity (Wildman–Crippen MR) is 179 cm³/mol. The molecule has 2 fully saturated rings. The monoisotopic (exact) mass is 614 g/mol. The number of carbonyl (C=O) groups excluding carboxylic acids is 1. The van der Waals surface area contributed by atoms with Crippen LogP contribution in [0.5, 0.6) is 11.5 Å². The van der Waals surface area contributed by atoms with Crippen molar-refractivity contribution < 1.29 is 24.8 Å². The van der Waals surface area contributed by atoms with Crippen LogP contribution in [-0.4, -0.2) is 16.0 Å². The van der Waals surface area contributed by atoms with E-state index in [4.69, 9.17) is 9.78 Å². The molecule has 4 aliphatic carbocycles. The molecule has 6 rings (SSSR count). The Morgan fingerprint density at radius 1 is 0.800 bits per heavy atom. The topological polar surface area (TPSA) is 76.0 Å². The molecule has 2 N–H and O–H groups in total. The molecule has 2 saturated carbocycles. The first-order valence-corrected chi connectivity index (χ1v) is 17.3. The van der Waals surface area contributed by atoms with Gasteiger partial charge >= 0.3 is 0 Å². The van der Waals surface area contributed by atoms with Crippen LogP contribution in [0.25, 0.3) is 0 Å². The molecule has 244 valence electrons. The lowest BCUT2D eigenvalue weighted by molar-refractivity contribution is -0.260. The number of hydrogen-bond acceptors (Lipinski definition) is 5. The molecule has 0 spiro atoms. The molecule has 5 heteroatoms.